The number of anilines is 1. The van der Waals surface area contributed by atoms with Crippen LogP contribution in [0.1, 0.15) is 27.2 Å². The number of para-hydroxylation sites is 1. The molecule has 0 aliphatic heterocycles. The van der Waals surface area contributed by atoms with Crippen molar-refractivity contribution in [3.05, 3.63) is 24.3 Å². The molecule has 19 heavy (non-hydrogen) atoms. The molecule has 0 heterocycles. The average Bonchev–Trinajstić information content (AvgIpc) is 2.39. The van der Waals surface area contributed by atoms with Crippen molar-refractivity contribution >= 4 is 29.3 Å². The second-order valence-corrected chi connectivity index (χ2v) is 5.78. The van der Waals surface area contributed by atoms with E-state index >= 15 is 0 Å². The zero-order chi connectivity index (χ0) is 14.4. The fraction of sp³-hybridized carbons (Fsp3) is 0.429. The molecule has 2 N–H and O–H groups in total. The minimum atomic E-state index is -0.868. The molecule has 2 atom stereocenters. The lowest BCUT2D eigenvalue weighted by Gasteiger charge is -2.14. The Balaban J connectivity index is 2.84. The van der Waals surface area contributed by atoms with Crippen LogP contribution >= 0.6 is 11.8 Å². The number of amides is 1. The summed E-state index contributed by atoms with van der Waals surface area (Å²) in [5, 5.41) is 11.2. The summed E-state index contributed by atoms with van der Waals surface area (Å²) in [6.07, 6.45) is 0.771. The average molecular weight is 281 g/mol. The predicted octanol–water partition coefficient (Wildman–Crippen LogP) is 3.24. The second kappa shape index (κ2) is 7.19. The number of carbonyl (C=O) groups is 2. The van der Waals surface area contributed by atoms with E-state index in [1.165, 1.54) is 11.8 Å². The van der Waals surface area contributed by atoms with Gasteiger partial charge in [-0.05, 0) is 25.5 Å². The molecule has 4 nitrogen and oxygen atoms in total. The lowest BCUT2D eigenvalue weighted by Crippen LogP contribution is -2.20. The van der Waals surface area contributed by atoms with Gasteiger partial charge in [0.2, 0.25) is 5.91 Å². The number of thioether (sulfide) groups is 1. The third-order valence-electron chi connectivity index (χ3n) is 2.86. The van der Waals surface area contributed by atoms with Crippen molar-refractivity contribution in [2.75, 3.05) is 5.32 Å². The van der Waals surface area contributed by atoms with Crippen molar-refractivity contribution in [3.63, 3.8) is 0 Å². The summed E-state index contributed by atoms with van der Waals surface area (Å²) in [5.74, 6) is -0.971. The van der Waals surface area contributed by atoms with E-state index in [1.807, 2.05) is 32.0 Å². The first-order valence-corrected chi connectivity index (χ1v) is 7.13. The van der Waals surface area contributed by atoms with E-state index in [2.05, 4.69) is 5.32 Å². The summed E-state index contributed by atoms with van der Waals surface area (Å²) in [5.41, 5.74) is 0.672. The van der Waals surface area contributed by atoms with E-state index in [0.717, 1.165) is 11.3 Å². The highest BCUT2D eigenvalue weighted by atomic mass is 32.2. The van der Waals surface area contributed by atoms with Gasteiger partial charge in [-0.25, -0.2) is 0 Å². The van der Waals surface area contributed by atoms with Gasteiger partial charge in [-0.1, -0.05) is 26.0 Å². The Bertz CT molecular complexity index is 462. The van der Waals surface area contributed by atoms with Crippen LogP contribution < -0.4 is 5.32 Å². The maximum Gasteiger partial charge on any atom is 0.316 e. The van der Waals surface area contributed by atoms with Crippen LogP contribution in [0.15, 0.2) is 29.2 Å². The Morgan fingerprint density at radius 1 is 1.32 bits per heavy atom. The Hall–Kier alpha value is -1.49. The largest absolute Gasteiger partial charge is 0.480 e. The SMILES string of the molecule is CCC(C)C(=O)Nc1ccccc1SC(C)C(=O)O. The summed E-state index contributed by atoms with van der Waals surface area (Å²) in [6, 6.07) is 7.26. The van der Waals surface area contributed by atoms with Crippen molar-refractivity contribution in [2.24, 2.45) is 5.92 Å². The molecule has 0 radical (unpaired) electrons. The topological polar surface area (TPSA) is 66.4 Å². The molecule has 0 saturated heterocycles. The lowest BCUT2D eigenvalue weighted by molar-refractivity contribution is -0.136. The zero-order valence-electron chi connectivity index (χ0n) is 11.3. The molecule has 0 aliphatic rings. The van der Waals surface area contributed by atoms with E-state index in [9.17, 15) is 9.59 Å². The molecule has 104 valence electrons. The minimum Gasteiger partial charge on any atom is -0.480 e. The van der Waals surface area contributed by atoms with Gasteiger partial charge in [-0.2, -0.15) is 0 Å². The van der Waals surface area contributed by atoms with E-state index in [0.29, 0.717) is 5.69 Å². The van der Waals surface area contributed by atoms with Crippen LogP contribution in [0.2, 0.25) is 0 Å². The van der Waals surface area contributed by atoms with Gasteiger partial charge in [0.15, 0.2) is 0 Å². The molecule has 0 aromatic heterocycles. The number of aliphatic carboxylic acids is 1. The molecule has 0 spiro atoms. The molecule has 1 amide bonds. The predicted molar refractivity (Wildman–Crippen MR) is 77.5 cm³/mol. The standard InChI is InChI=1S/C14H19NO3S/c1-4-9(2)13(16)15-11-7-5-6-8-12(11)19-10(3)14(17)18/h5-10H,4H2,1-3H3,(H,15,16)(H,17,18). The molecule has 0 bridgehead atoms. The summed E-state index contributed by atoms with van der Waals surface area (Å²) in [4.78, 5) is 23.5. The van der Waals surface area contributed by atoms with Crippen molar-refractivity contribution in [1.82, 2.24) is 0 Å². The lowest BCUT2D eigenvalue weighted by atomic mass is 10.1. The summed E-state index contributed by atoms with van der Waals surface area (Å²) < 4.78 is 0. The van der Waals surface area contributed by atoms with E-state index < -0.39 is 11.2 Å². The van der Waals surface area contributed by atoms with Crippen molar-refractivity contribution < 1.29 is 14.7 Å². The van der Waals surface area contributed by atoms with Crippen molar-refractivity contribution in [2.45, 2.75) is 37.3 Å². The van der Waals surface area contributed by atoms with E-state index in [4.69, 9.17) is 5.11 Å². The van der Waals surface area contributed by atoms with Crippen LogP contribution in [-0.4, -0.2) is 22.2 Å². The van der Waals surface area contributed by atoms with Gasteiger partial charge in [0, 0.05) is 10.8 Å². The van der Waals surface area contributed by atoms with Crippen LogP contribution in [0.25, 0.3) is 0 Å². The third-order valence-corrected chi connectivity index (χ3v) is 4.02. The second-order valence-electron chi connectivity index (χ2n) is 4.39. The quantitative estimate of drug-likeness (QED) is 0.786. The van der Waals surface area contributed by atoms with Crippen LogP contribution in [0.4, 0.5) is 5.69 Å². The zero-order valence-corrected chi connectivity index (χ0v) is 12.2. The molecular formula is C14H19NO3S. The molecular weight excluding hydrogens is 262 g/mol. The molecule has 0 saturated carbocycles. The molecule has 1 rings (SSSR count). The number of hydrogen-bond donors (Lipinski definition) is 2. The first-order chi connectivity index (χ1) is 8.95. The van der Waals surface area contributed by atoms with E-state index in [1.54, 1.807) is 13.0 Å². The van der Waals surface area contributed by atoms with Crippen LogP contribution in [0.5, 0.6) is 0 Å². The Morgan fingerprint density at radius 3 is 2.53 bits per heavy atom. The van der Waals surface area contributed by atoms with Crippen molar-refractivity contribution in [1.29, 1.82) is 0 Å². The number of carboxylic acids is 1. The monoisotopic (exact) mass is 281 g/mol. The Morgan fingerprint density at radius 2 is 1.95 bits per heavy atom. The number of rotatable bonds is 6. The summed E-state index contributed by atoms with van der Waals surface area (Å²) in [6.45, 7) is 5.45. The van der Waals surface area contributed by atoms with Gasteiger partial charge >= 0.3 is 5.97 Å². The number of carboxylic acid groups (broad SMARTS) is 1. The molecule has 1 aromatic rings. The molecule has 0 fully saturated rings. The first-order valence-electron chi connectivity index (χ1n) is 6.25. The van der Waals surface area contributed by atoms with Gasteiger partial charge in [-0.15, -0.1) is 11.8 Å². The molecule has 1 aromatic carbocycles. The van der Waals surface area contributed by atoms with E-state index in [-0.39, 0.29) is 11.8 Å². The summed E-state index contributed by atoms with van der Waals surface area (Å²) in [7, 11) is 0. The normalized spacial score (nSPS) is 13.6. The van der Waals surface area contributed by atoms with Gasteiger partial charge in [0.1, 0.15) is 5.25 Å². The fourth-order valence-corrected chi connectivity index (χ4v) is 2.24. The maximum absolute atomic E-state index is 11.9. The molecule has 2 unspecified atom stereocenters. The molecule has 5 heteroatoms. The van der Waals surface area contributed by atoms with Crippen molar-refractivity contribution in [3.8, 4) is 0 Å². The number of hydrogen-bond acceptors (Lipinski definition) is 3. The van der Waals surface area contributed by atoms with Crippen LogP contribution in [-0.2, 0) is 9.59 Å². The highest BCUT2D eigenvalue weighted by molar-refractivity contribution is 8.00. The van der Waals surface area contributed by atoms with Gasteiger partial charge in [-0.3, -0.25) is 9.59 Å². The van der Waals surface area contributed by atoms with Gasteiger partial charge < -0.3 is 10.4 Å². The first kappa shape index (κ1) is 15.6. The molecule has 0 aliphatic carbocycles. The number of nitrogens with one attached hydrogen (secondary N) is 1. The van der Waals surface area contributed by atoms with Crippen LogP contribution in [0, 0.1) is 5.92 Å². The highest BCUT2D eigenvalue weighted by Gasteiger charge is 2.17. The highest BCUT2D eigenvalue weighted by Crippen LogP contribution is 2.30. The summed E-state index contributed by atoms with van der Waals surface area (Å²) >= 11 is 1.23. The fourth-order valence-electron chi connectivity index (χ4n) is 1.35. The minimum absolute atomic E-state index is 0.0430. The smallest absolute Gasteiger partial charge is 0.316 e. The Kier molecular flexibility index (Phi) is 5.89. The Labute approximate surface area is 117 Å². The van der Waals surface area contributed by atoms with Gasteiger partial charge in [0.05, 0.1) is 5.69 Å². The third kappa shape index (κ3) is 4.59. The van der Waals surface area contributed by atoms with Gasteiger partial charge in [0.25, 0.3) is 0 Å². The number of carbonyl (C=O) groups excluding carboxylic acids is 1. The number of benzene rings is 1. The maximum atomic E-state index is 11.9. The van der Waals surface area contributed by atoms with Crippen LogP contribution in [0.3, 0.4) is 0 Å².